The number of methoxy groups -OCH3 is 1. The molecule has 1 heterocycles. The largest absolute Gasteiger partial charge is 0.495 e. The lowest BCUT2D eigenvalue weighted by molar-refractivity contribution is 0.0234. The quantitative estimate of drug-likeness (QED) is 0.777. The molecule has 0 aliphatic heterocycles. The Morgan fingerprint density at radius 1 is 1.36 bits per heavy atom. The lowest BCUT2D eigenvalue weighted by Crippen LogP contribution is -2.41. The number of carbonyl (C=O) groups is 1. The minimum Gasteiger partial charge on any atom is -0.495 e. The van der Waals surface area contributed by atoms with E-state index in [-0.39, 0.29) is 24.0 Å². The molecule has 1 saturated carbocycles. The van der Waals surface area contributed by atoms with Crippen LogP contribution in [0.2, 0.25) is 0 Å². The number of hydrogen-bond acceptors (Lipinski definition) is 5. The number of ether oxygens (including phenoxy) is 1. The van der Waals surface area contributed by atoms with E-state index in [1.807, 2.05) is 36.6 Å². The summed E-state index contributed by atoms with van der Waals surface area (Å²) >= 11 is 1.55. The molecule has 25 heavy (non-hydrogen) atoms. The van der Waals surface area contributed by atoms with Crippen LogP contribution in [0.15, 0.2) is 47.6 Å². The van der Waals surface area contributed by atoms with E-state index in [0.29, 0.717) is 24.2 Å². The molecule has 2 N–H and O–H groups in total. The highest BCUT2D eigenvalue weighted by Crippen LogP contribution is 2.39. The van der Waals surface area contributed by atoms with Gasteiger partial charge in [-0.1, -0.05) is 12.1 Å². The van der Waals surface area contributed by atoms with E-state index in [1.54, 1.807) is 31.3 Å². The van der Waals surface area contributed by atoms with E-state index in [9.17, 15) is 9.90 Å². The van der Waals surface area contributed by atoms with Gasteiger partial charge in [-0.2, -0.15) is 0 Å². The second-order valence-corrected chi connectivity index (χ2v) is 7.04. The zero-order valence-corrected chi connectivity index (χ0v) is 15.1. The molecule has 1 amide bonds. The lowest BCUT2D eigenvalue weighted by Gasteiger charge is -2.38. The standard InChI is InChI=1S/C19H22N2O3S/c1-24-15-9-13(10-20-11-15)18(12-7-14(22)8-12)21-19(23)16-5-3-4-6-17(16)25-2/h3-6,9-12,14,18,22H,7-8H2,1-2H3,(H,21,23). The number of aliphatic hydroxyl groups is 1. The lowest BCUT2D eigenvalue weighted by atomic mass is 9.75. The number of pyridine rings is 1. The molecular formula is C19H22N2O3S. The molecule has 1 atom stereocenters. The van der Waals surface area contributed by atoms with Gasteiger partial charge < -0.3 is 15.2 Å². The first-order valence-electron chi connectivity index (χ1n) is 8.23. The van der Waals surface area contributed by atoms with E-state index >= 15 is 0 Å². The number of aliphatic hydroxyl groups excluding tert-OH is 1. The number of aromatic nitrogens is 1. The molecule has 0 radical (unpaired) electrons. The summed E-state index contributed by atoms with van der Waals surface area (Å²) in [6, 6.07) is 9.25. The summed E-state index contributed by atoms with van der Waals surface area (Å²) in [5, 5.41) is 12.8. The molecule has 3 rings (SSSR count). The third-order valence-electron chi connectivity index (χ3n) is 4.59. The Morgan fingerprint density at radius 3 is 2.80 bits per heavy atom. The minimum atomic E-state index is -0.290. The van der Waals surface area contributed by atoms with Crippen LogP contribution in [-0.2, 0) is 0 Å². The van der Waals surface area contributed by atoms with Gasteiger partial charge in [0.05, 0.1) is 31.0 Å². The Bertz CT molecular complexity index is 747. The van der Waals surface area contributed by atoms with Gasteiger partial charge in [0.15, 0.2) is 0 Å². The summed E-state index contributed by atoms with van der Waals surface area (Å²) in [5.74, 6) is 0.731. The van der Waals surface area contributed by atoms with Crippen molar-refractivity contribution < 1.29 is 14.6 Å². The van der Waals surface area contributed by atoms with Crippen molar-refractivity contribution in [1.29, 1.82) is 0 Å². The van der Waals surface area contributed by atoms with Crippen molar-refractivity contribution in [3.05, 3.63) is 53.9 Å². The van der Waals surface area contributed by atoms with E-state index in [1.165, 1.54) is 0 Å². The number of nitrogens with one attached hydrogen (secondary N) is 1. The first kappa shape index (κ1) is 17.8. The van der Waals surface area contributed by atoms with E-state index < -0.39 is 0 Å². The molecule has 0 bridgehead atoms. The van der Waals surface area contributed by atoms with Crippen molar-refractivity contribution in [3.8, 4) is 5.75 Å². The first-order chi connectivity index (χ1) is 12.1. The fraction of sp³-hybridized carbons (Fsp3) is 0.368. The van der Waals surface area contributed by atoms with E-state index in [0.717, 1.165) is 10.5 Å². The number of nitrogens with zero attached hydrogens (tertiary/aromatic N) is 1. The third kappa shape index (κ3) is 3.96. The minimum absolute atomic E-state index is 0.112. The van der Waals surface area contributed by atoms with Gasteiger partial charge >= 0.3 is 0 Å². The van der Waals surface area contributed by atoms with Crippen molar-refractivity contribution in [3.63, 3.8) is 0 Å². The molecule has 132 valence electrons. The van der Waals surface area contributed by atoms with Crippen LogP contribution >= 0.6 is 11.8 Å². The highest BCUT2D eigenvalue weighted by atomic mass is 32.2. The maximum Gasteiger partial charge on any atom is 0.252 e. The van der Waals surface area contributed by atoms with Crippen molar-refractivity contribution in [2.45, 2.75) is 29.9 Å². The summed E-state index contributed by atoms with van der Waals surface area (Å²) in [6.07, 6.45) is 6.40. The third-order valence-corrected chi connectivity index (χ3v) is 5.38. The number of carbonyl (C=O) groups excluding carboxylic acids is 1. The van der Waals surface area contributed by atoms with Crippen molar-refractivity contribution in [1.82, 2.24) is 10.3 Å². The number of rotatable bonds is 6. The molecule has 6 heteroatoms. The smallest absolute Gasteiger partial charge is 0.252 e. The van der Waals surface area contributed by atoms with Crippen molar-refractivity contribution in [2.75, 3.05) is 13.4 Å². The number of amides is 1. The molecule has 1 aromatic heterocycles. The highest BCUT2D eigenvalue weighted by Gasteiger charge is 2.36. The second kappa shape index (κ2) is 7.89. The van der Waals surface area contributed by atoms with Crippen LogP contribution < -0.4 is 10.1 Å². The zero-order valence-electron chi connectivity index (χ0n) is 14.3. The van der Waals surface area contributed by atoms with Crippen LogP contribution in [0.25, 0.3) is 0 Å². The van der Waals surface area contributed by atoms with Crippen LogP contribution in [-0.4, -0.2) is 35.5 Å². The Kier molecular flexibility index (Phi) is 5.60. The molecule has 2 aromatic rings. The summed E-state index contributed by atoms with van der Waals surface area (Å²) in [4.78, 5) is 18.0. The molecular weight excluding hydrogens is 336 g/mol. The van der Waals surface area contributed by atoms with Gasteiger partial charge in [-0.05, 0) is 48.8 Å². The highest BCUT2D eigenvalue weighted by molar-refractivity contribution is 7.98. The molecule has 5 nitrogen and oxygen atoms in total. The average Bonchev–Trinajstić information content (AvgIpc) is 2.63. The summed E-state index contributed by atoms with van der Waals surface area (Å²) < 4.78 is 5.26. The predicted molar refractivity (Wildman–Crippen MR) is 98.0 cm³/mol. The van der Waals surface area contributed by atoms with Gasteiger partial charge in [-0.3, -0.25) is 9.78 Å². The van der Waals surface area contributed by atoms with Gasteiger partial charge in [0.2, 0.25) is 0 Å². The second-order valence-electron chi connectivity index (χ2n) is 6.19. The molecule has 0 spiro atoms. The fourth-order valence-corrected chi connectivity index (χ4v) is 3.74. The van der Waals surface area contributed by atoms with Crippen molar-refractivity contribution in [2.24, 2.45) is 5.92 Å². The molecule has 0 saturated heterocycles. The van der Waals surface area contributed by atoms with Crippen LogP contribution in [0.3, 0.4) is 0 Å². The average molecular weight is 358 g/mol. The number of thioether (sulfide) groups is 1. The maximum absolute atomic E-state index is 12.8. The van der Waals surface area contributed by atoms with Gasteiger partial charge in [-0.25, -0.2) is 0 Å². The van der Waals surface area contributed by atoms with Crippen LogP contribution in [0.1, 0.15) is 34.8 Å². The zero-order chi connectivity index (χ0) is 17.8. The van der Waals surface area contributed by atoms with Gasteiger partial charge in [0.25, 0.3) is 5.91 Å². The Morgan fingerprint density at radius 2 is 2.12 bits per heavy atom. The van der Waals surface area contributed by atoms with Gasteiger partial charge in [0.1, 0.15) is 5.75 Å². The topological polar surface area (TPSA) is 71.5 Å². The maximum atomic E-state index is 12.8. The van der Waals surface area contributed by atoms with E-state index in [4.69, 9.17) is 4.74 Å². The number of hydrogen-bond donors (Lipinski definition) is 2. The number of benzene rings is 1. The Balaban J connectivity index is 1.86. The van der Waals surface area contributed by atoms with Gasteiger partial charge in [0, 0.05) is 11.1 Å². The Hall–Kier alpha value is -2.05. The van der Waals surface area contributed by atoms with E-state index in [2.05, 4.69) is 10.3 Å². The Labute approximate surface area is 151 Å². The summed E-state index contributed by atoms with van der Waals surface area (Å²) in [5.41, 5.74) is 1.56. The van der Waals surface area contributed by atoms with Crippen molar-refractivity contribution >= 4 is 17.7 Å². The SMILES string of the molecule is COc1cncc(C(NC(=O)c2ccccc2SC)C2CC(O)C2)c1. The predicted octanol–water partition coefficient (Wildman–Crippen LogP) is 3.05. The summed E-state index contributed by atoms with van der Waals surface area (Å²) in [6.45, 7) is 0. The first-order valence-corrected chi connectivity index (χ1v) is 9.45. The molecule has 1 fully saturated rings. The molecule has 1 aliphatic rings. The fourth-order valence-electron chi connectivity index (χ4n) is 3.14. The monoisotopic (exact) mass is 358 g/mol. The molecule has 1 aromatic carbocycles. The van der Waals surface area contributed by atoms with Gasteiger partial charge in [-0.15, -0.1) is 11.8 Å². The normalized spacial score (nSPS) is 20.4. The van der Waals surface area contributed by atoms with Crippen LogP contribution in [0, 0.1) is 5.92 Å². The van der Waals surface area contributed by atoms with Crippen LogP contribution in [0.5, 0.6) is 5.75 Å². The van der Waals surface area contributed by atoms with Crippen LogP contribution in [0.4, 0.5) is 0 Å². The molecule has 1 unspecified atom stereocenters. The molecule has 1 aliphatic carbocycles. The summed E-state index contributed by atoms with van der Waals surface area (Å²) in [7, 11) is 1.59.